The summed E-state index contributed by atoms with van der Waals surface area (Å²) in [5.41, 5.74) is 1.57. The van der Waals surface area contributed by atoms with Gasteiger partial charge in [-0.3, -0.25) is 14.9 Å². The Kier molecular flexibility index (Phi) is 7.53. The Labute approximate surface area is 178 Å². The van der Waals surface area contributed by atoms with E-state index >= 15 is 0 Å². The molecule has 8 heteroatoms. The lowest BCUT2D eigenvalue weighted by atomic mass is 10.2. The van der Waals surface area contributed by atoms with E-state index in [0.29, 0.717) is 27.0 Å². The standard InChI is InChI=1S/C20H22BrN3O3S/c1-12(2)27-17-9-8-13(11-16(17)21)18(25)23-20(28)22-15-7-5-6-14(10-15)19(26)24(3)4/h5-12H,1-4H3,(H2,22,23,25,28). The Morgan fingerprint density at radius 3 is 2.43 bits per heavy atom. The Morgan fingerprint density at radius 1 is 1.11 bits per heavy atom. The Morgan fingerprint density at radius 2 is 1.82 bits per heavy atom. The fourth-order valence-electron chi connectivity index (χ4n) is 2.32. The third-order valence-electron chi connectivity index (χ3n) is 3.56. The molecule has 0 aliphatic carbocycles. The molecule has 0 atom stereocenters. The fraction of sp³-hybridized carbons (Fsp3) is 0.250. The largest absolute Gasteiger partial charge is 0.490 e. The molecule has 0 saturated heterocycles. The van der Waals surface area contributed by atoms with E-state index in [-0.39, 0.29) is 23.0 Å². The molecule has 0 aromatic heterocycles. The number of hydrogen-bond donors (Lipinski definition) is 2. The molecule has 148 valence electrons. The first kappa shape index (κ1) is 21.8. The van der Waals surface area contributed by atoms with Crippen molar-refractivity contribution in [2.75, 3.05) is 19.4 Å². The summed E-state index contributed by atoms with van der Waals surface area (Å²) >= 11 is 8.62. The molecule has 0 bridgehead atoms. The highest BCUT2D eigenvalue weighted by molar-refractivity contribution is 9.10. The Bertz CT molecular complexity index is 900. The predicted octanol–water partition coefficient (Wildman–Crippen LogP) is 4.06. The second-order valence-corrected chi connectivity index (χ2v) is 7.76. The lowest BCUT2D eigenvalue weighted by molar-refractivity contribution is 0.0827. The van der Waals surface area contributed by atoms with Gasteiger partial charge in [0.05, 0.1) is 10.6 Å². The summed E-state index contributed by atoms with van der Waals surface area (Å²) in [7, 11) is 3.37. The number of anilines is 1. The van der Waals surface area contributed by atoms with Crippen molar-refractivity contribution in [1.82, 2.24) is 10.2 Å². The number of rotatable bonds is 5. The number of carbonyl (C=O) groups excluding carboxylic acids is 2. The first-order valence-electron chi connectivity index (χ1n) is 8.57. The lowest BCUT2D eigenvalue weighted by Gasteiger charge is -2.14. The Balaban J connectivity index is 2.03. The number of benzene rings is 2. The summed E-state index contributed by atoms with van der Waals surface area (Å²) in [6.45, 7) is 3.86. The van der Waals surface area contributed by atoms with E-state index < -0.39 is 0 Å². The van der Waals surface area contributed by atoms with Gasteiger partial charge in [-0.15, -0.1) is 0 Å². The van der Waals surface area contributed by atoms with Crippen LogP contribution in [0, 0.1) is 0 Å². The highest BCUT2D eigenvalue weighted by Crippen LogP contribution is 2.27. The molecule has 0 spiro atoms. The van der Waals surface area contributed by atoms with Gasteiger partial charge in [0.25, 0.3) is 11.8 Å². The quantitative estimate of drug-likeness (QED) is 0.654. The lowest BCUT2D eigenvalue weighted by Crippen LogP contribution is -2.34. The summed E-state index contributed by atoms with van der Waals surface area (Å²) in [6.07, 6.45) is 0.0305. The molecule has 2 rings (SSSR count). The van der Waals surface area contributed by atoms with Crippen molar-refractivity contribution in [1.29, 1.82) is 0 Å². The molecule has 0 aliphatic heterocycles. The molecule has 2 amide bonds. The van der Waals surface area contributed by atoms with Crippen molar-refractivity contribution in [3.63, 3.8) is 0 Å². The van der Waals surface area contributed by atoms with Crippen LogP contribution in [0.2, 0.25) is 0 Å². The predicted molar refractivity (Wildman–Crippen MR) is 118 cm³/mol. The van der Waals surface area contributed by atoms with Crippen molar-refractivity contribution >= 4 is 50.8 Å². The van der Waals surface area contributed by atoms with E-state index in [0.717, 1.165) is 0 Å². The van der Waals surface area contributed by atoms with E-state index in [1.165, 1.54) is 4.90 Å². The van der Waals surface area contributed by atoms with Crippen molar-refractivity contribution < 1.29 is 14.3 Å². The molecule has 0 radical (unpaired) electrons. The van der Waals surface area contributed by atoms with Gasteiger partial charge in [0.2, 0.25) is 0 Å². The molecule has 2 N–H and O–H groups in total. The van der Waals surface area contributed by atoms with Gasteiger partial charge in [-0.1, -0.05) is 6.07 Å². The number of halogens is 1. The third kappa shape index (κ3) is 6.03. The van der Waals surface area contributed by atoms with Crippen molar-refractivity contribution in [2.24, 2.45) is 0 Å². The van der Waals surface area contributed by atoms with Gasteiger partial charge in [0, 0.05) is 30.9 Å². The maximum absolute atomic E-state index is 12.4. The number of ether oxygens (including phenoxy) is 1. The molecule has 0 saturated carbocycles. The second kappa shape index (κ2) is 9.66. The van der Waals surface area contributed by atoms with E-state index in [4.69, 9.17) is 17.0 Å². The minimum Gasteiger partial charge on any atom is -0.490 e. The molecular weight excluding hydrogens is 442 g/mol. The van der Waals surface area contributed by atoms with Crippen LogP contribution in [0.1, 0.15) is 34.6 Å². The first-order chi connectivity index (χ1) is 13.2. The topological polar surface area (TPSA) is 70.7 Å². The minimum absolute atomic E-state index is 0.0305. The average molecular weight is 464 g/mol. The van der Waals surface area contributed by atoms with Crippen LogP contribution in [0.25, 0.3) is 0 Å². The third-order valence-corrected chi connectivity index (χ3v) is 4.38. The van der Waals surface area contributed by atoms with Crippen molar-refractivity contribution in [3.05, 3.63) is 58.1 Å². The SMILES string of the molecule is CC(C)Oc1ccc(C(=O)NC(=S)Nc2cccc(C(=O)N(C)C)c2)cc1Br. The number of amides is 2. The monoisotopic (exact) mass is 463 g/mol. The van der Waals surface area contributed by atoms with Crippen LogP contribution in [0.5, 0.6) is 5.75 Å². The van der Waals surface area contributed by atoms with E-state index in [1.807, 2.05) is 13.8 Å². The number of hydrogen-bond acceptors (Lipinski definition) is 4. The minimum atomic E-state index is -0.352. The number of thiocarbonyl (C=S) groups is 1. The molecule has 0 fully saturated rings. The van der Waals surface area contributed by atoms with Gasteiger partial charge in [-0.25, -0.2) is 0 Å². The highest BCUT2D eigenvalue weighted by Gasteiger charge is 2.13. The summed E-state index contributed by atoms with van der Waals surface area (Å²) in [5.74, 6) is 0.191. The summed E-state index contributed by atoms with van der Waals surface area (Å²) in [5, 5.41) is 5.69. The molecule has 28 heavy (non-hydrogen) atoms. The number of nitrogens with zero attached hydrogens (tertiary/aromatic N) is 1. The van der Waals surface area contributed by atoms with Gasteiger partial charge in [0.15, 0.2) is 5.11 Å². The molecule has 2 aromatic rings. The maximum Gasteiger partial charge on any atom is 0.257 e. The summed E-state index contributed by atoms with van der Waals surface area (Å²) in [4.78, 5) is 26.0. The van der Waals surface area contributed by atoms with Crippen LogP contribution < -0.4 is 15.4 Å². The smallest absolute Gasteiger partial charge is 0.257 e. The number of nitrogens with one attached hydrogen (secondary N) is 2. The highest BCUT2D eigenvalue weighted by atomic mass is 79.9. The number of carbonyl (C=O) groups is 2. The first-order valence-corrected chi connectivity index (χ1v) is 9.77. The molecule has 6 nitrogen and oxygen atoms in total. The van der Waals surface area contributed by atoms with E-state index in [1.54, 1.807) is 56.6 Å². The van der Waals surface area contributed by atoms with Gasteiger partial charge in [-0.2, -0.15) is 0 Å². The van der Waals surface area contributed by atoms with Gasteiger partial charge in [0.1, 0.15) is 5.75 Å². The Hall–Kier alpha value is -2.45. The van der Waals surface area contributed by atoms with E-state index in [9.17, 15) is 9.59 Å². The van der Waals surface area contributed by atoms with Crippen LogP contribution >= 0.6 is 28.1 Å². The second-order valence-electron chi connectivity index (χ2n) is 6.50. The zero-order chi connectivity index (χ0) is 20.8. The van der Waals surface area contributed by atoms with Gasteiger partial charge < -0.3 is 15.0 Å². The van der Waals surface area contributed by atoms with E-state index in [2.05, 4.69) is 26.6 Å². The maximum atomic E-state index is 12.4. The van der Waals surface area contributed by atoms with Crippen molar-refractivity contribution in [2.45, 2.75) is 20.0 Å². The van der Waals surface area contributed by atoms with Gasteiger partial charge in [-0.05, 0) is 78.4 Å². The molecular formula is C20H22BrN3O3S. The molecule has 0 aliphatic rings. The average Bonchev–Trinajstić information content (AvgIpc) is 2.62. The van der Waals surface area contributed by atoms with Crippen molar-refractivity contribution in [3.8, 4) is 5.75 Å². The molecule has 0 unspecified atom stereocenters. The summed E-state index contributed by atoms with van der Waals surface area (Å²) in [6, 6.07) is 12.0. The van der Waals surface area contributed by atoms with Crippen LogP contribution in [0.4, 0.5) is 5.69 Å². The van der Waals surface area contributed by atoms with Gasteiger partial charge >= 0.3 is 0 Å². The van der Waals surface area contributed by atoms with Crippen LogP contribution in [-0.2, 0) is 0 Å². The molecule has 2 aromatic carbocycles. The zero-order valence-corrected chi connectivity index (χ0v) is 18.5. The fourth-order valence-corrected chi connectivity index (χ4v) is 3.00. The van der Waals surface area contributed by atoms with Crippen LogP contribution in [0.15, 0.2) is 46.9 Å². The van der Waals surface area contributed by atoms with Crippen LogP contribution in [0.3, 0.4) is 0 Å². The normalized spacial score (nSPS) is 10.4. The summed E-state index contributed by atoms with van der Waals surface area (Å²) < 4.78 is 6.32. The molecule has 0 heterocycles. The zero-order valence-electron chi connectivity index (χ0n) is 16.1. The van der Waals surface area contributed by atoms with Crippen LogP contribution in [-0.4, -0.2) is 42.0 Å².